The number of carbonyl (C=O) groups is 3. The fourth-order valence-corrected chi connectivity index (χ4v) is 6.05. The van der Waals surface area contributed by atoms with Gasteiger partial charge in [0.2, 0.25) is 11.8 Å². The summed E-state index contributed by atoms with van der Waals surface area (Å²) in [7, 11) is 0. The number of hydrogen-bond acceptors (Lipinski definition) is 5. The third-order valence-corrected chi connectivity index (χ3v) is 8.21. The van der Waals surface area contributed by atoms with Crippen molar-refractivity contribution in [1.82, 2.24) is 15.6 Å². The van der Waals surface area contributed by atoms with Crippen molar-refractivity contribution in [3.63, 3.8) is 0 Å². The smallest absolute Gasteiger partial charge is 0.449 e. The summed E-state index contributed by atoms with van der Waals surface area (Å²) in [5.74, 6) is -1.77. The lowest BCUT2D eigenvalue weighted by Gasteiger charge is -2.42. The number of amides is 3. The Morgan fingerprint density at radius 2 is 1.68 bits per heavy atom. The third kappa shape index (κ3) is 7.35. The van der Waals surface area contributed by atoms with Gasteiger partial charge in [-0.05, 0) is 42.0 Å². The van der Waals surface area contributed by atoms with Crippen molar-refractivity contribution < 1.29 is 33.6 Å². The second-order valence-electron chi connectivity index (χ2n) is 10.9. The first kappa shape index (κ1) is 29.4. The van der Waals surface area contributed by atoms with Crippen molar-refractivity contribution in [2.24, 2.45) is 11.7 Å². The molecule has 0 radical (unpaired) electrons. The number of aliphatic hydroxyl groups is 1. The van der Waals surface area contributed by atoms with Gasteiger partial charge < -0.3 is 21.3 Å². The first-order chi connectivity index (χ1) is 19.2. The van der Waals surface area contributed by atoms with Crippen LogP contribution in [-0.4, -0.2) is 76.9 Å². The van der Waals surface area contributed by atoms with Crippen molar-refractivity contribution in [2.45, 2.75) is 44.2 Å². The van der Waals surface area contributed by atoms with Crippen LogP contribution in [0.4, 0.5) is 9.18 Å². The van der Waals surface area contributed by atoms with E-state index in [0.29, 0.717) is 51.3 Å². The molecule has 1 saturated carbocycles. The zero-order chi connectivity index (χ0) is 28.7. The van der Waals surface area contributed by atoms with Gasteiger partial charge in [-0.1, -0.05) is 49.2 Å². The Kier molecular flexibility index (Phi) is 9.72. The monoisotopic (exact) mass is 556 g/mol. The van der Waals surface area contributed by atoms with Gasteiger partial charge in [-0.3, -0.25) is 14.5 Å². The number of nitrogens with zero attached hydrogens (tertiary/aromatic N) is 2. The highest BCUT2D eigenvalue weighted by atomic mass is 19.1. The standard InChI is InChI=1S/C29H38FN5O5/c30-23-11-9-22(10-12-23)26(27(31)37)32-28(38)25-4-2-1-3-24(25)21-7-5-20(6-8-21)19-35(33-29(39)40)16-13-34(14-17-35)15-18-36/h5-12,24-26,33,36H,1-4,13-19H2,(H3-,31,32,37,38,39,40)/p+1. The van der Waals surface area contributed by atoms with Crippen LogP contribution < -0.4 is 16.5 Å². The average Bonchev–Trinajstić information content (AvgIpc) is 2.93. The highest BCUT2D eigenvalue weighted by Gasteiger charge is 2.37. The summed E-state index contributed by atoms with van der Waals surface area (Å²) in [6.07, 6.45) is 2.33. The molecule has 1 saturated heterocycles. The summed E-state index contributed by atoms with van der Waals surface area (Å²) in [5, 5.41) is 21.5. The largest absolute Gasteiger partial charge is 0.462 e. The molecule has 1 aliphatic carbocycles. The molecule has 3 unspecified atom stereocenters. The van der Waals surface area contributed by atoms with Crippen molar-refractivity contribution in [3.05, 3.63) is 71.0 Å². The summed E-state index contributed by atoms with van der Waals surface area (Å²) >= 11 is 0. The lowest BCUT2D eigenvalue weighted by Crippen LogP contribution is -2.66. The van der Waals surface area contributed by atoms with Gasteiger partial charge >= 0.3 is 6.09 Å². The maximum Gasteiger partial charge on any atom is 0.449 e. The normalized spacial score (nSPS) is 21.8. The highest BCUT2D eigenvalue weighted by molar-refractivity contribution is 5.89. The minimum Gasteiger partial charge on any atom is -0.462 e. The molecule has 40 heavy (non-hydrogen) atoms. The van der Waals surface area contributed by atoms with Crippen molar-refractivity contribution in [1.29, 1.82) is 0 Å². The summed E-state index contributed by atoms with van der Waals surface area (Å²) in [4.78, 5) is 39.3. The molecule has 2 fully saturated rings. The van der Waals surface area contributed by atoms with E-state index < -0.39 is 23.9 Å². The number of primary amides is 1. The number of carboxylic acid groups (broad SMARTS) is 1. The quantitative estimate of drug-likeness (QED) is 0.284. The fourth-order valence-electron chi connectivity index (χ4n) is 6.05. The molecule has 0 aromatic heterocycles. The Bertz CT molecular complexity index is 1170. The van der Waals surface area contributed by atoms with Gasteiger partial charge in [-0.15, -0.1) is 0 Å². The molecule has 1 aliphatic heterocycles. The van der Waals surface area contributed by atoms with Gasteiger partial charge in [0, 0.05) is 18.0 Å². The highest BCUT2D eigenvalue weighted by Crippen LogP contribution is 2.38. The van der Waals surface area contributed by atoms with Crippen LogP contribution in [-0.2, 0) is 16.1 Å². The minimum absolute atomic E-state index is 0.0353. The van der Waals surface area contributed by atoms with E-state index in [-0.39, 0.29) is 28.9 Å². The van der Waals surface area contributed by atoms with E-state index in [1.807, 2.05) is 24.3 Å². The molecule has 2 aromatic carbocycles. The fraction of sp³-hybridized carbons (Fsp3) is 0.483. The molecule has 2 aromatic rings. The summed E-state index contributed by atoms with van der Waals surface area (Å²) < 4.78 is 13.6. The predicted molar refractivity (Wildman–Crippen MR) is 146 cm³/mol. The van der Waals surface area contributed by atoms with Gasteiger partial charge in [0.25, 0.3) is 0 Å². The molecule has 4 rings (SSSR count). The summed E-state index contributed by atoms with van der Waals surface area (Å²) in [6.45, 7) is 3.68. The van der Waals surface area contributed by atoms with Gasteiger partial charge in [0.05, 0.1) is 19.7 Å². The molecular weight excluding hydrogens is 517 g/mol. The Balaban J connectivity index is 1.46. The number of piperazine rings is 1. The van der Waals surface area contributed by atoms with E-state index in [9.17, 15) is 29.0 Å². The van der Waals surface area contributed by atoms with Crippen molar-refractivity contribution in [3.8, 4) is 0 Å². The van der Waals surface area contributed by atoms with Gasteiger partial charge in [-0.25, -0.2) is 13.8 Å². The second kappa shape index (κ2) is 13.2. The van der Waals surface area contributed by atoms with Crippen LogP contribution in [0.15, 0.2) is 48.5 Å². The minimum atomic E-state index is -1.07. The number of aliphatic hydroxyl groups excluding tert-OH is 1. The topological polar surface area (TPSA) is 145 Å². The first-order valence-electron chi connectivity index (χ1n) is 13.8. The number of β-amino-alcohol motifs (C(OH)–C–C–N with tert-alkyl or cyclic N) is 1. The molecule has 3 amide bonds. The molecule has 2 aliphatic rings. The number of carbonyl (C=O) groups excluding carboxylic acids is 2. The van der Waals surface area contributed by atoms with Crippen LogP contribution >= 0.6 is 0 Å². The Labute approximate surface area is 233 Å². The van der Waals surface area contributed by atoms with Crippen molar-refractivity contribution in [2.75, 3.05) is 39.3 Å². The van der Waals surface area contributed by atoms with E-state index in [0.717, 1.165) is 30.4 Å². The first-order valence-corrected chi connectivity index (χ1v) is 13.8. The average molecular weight is 557 g/mol. The second-order valence-corrected chi connectivity index (χ2v) is 10.9. The number of rotatable bonds is 10. The Hall–Kier alpha value is -3.54. The lowest BCUT2D eigenvalue weighted by atomic mass is 9.74. The van der Waals surface area contributed by atoms with Crippen LogP contribution in [0.5, 0.6) is 0 Å². The van der Waals surface area contributed by atoms with E-state index >= 15 is 0 Å². The summed E-state index contributed by atoms with van der Waals surface area (Å²) in [6, 6.07) is 12.3. The molecule has 0 bridgehead atoms. The molecule has 216 valence electrons. The molecule has 11 heteroatoms. The molecular formula is C29H39FN5O5+. The van der Waals surface area contributed by atoms with Gasteiger partial charge in [-0.2, -0.15) is 5.43 Å². The number of hydrogen-bond donors (Lipinski definition) is 5. The van der Waals surface area contributed by atoms with Crippen LogP contribution in [0, 0.1) is 11.7 Å². The SMILES string of the molecule is NC(=O)C(NC(=O)C1CCCCC1c1ccc(C[N+]2(NC(=O)O)CCN(CCO)CC2)cc1)c1ccc(F)cc1. The Morgan fingerprint density at radius 1 is 1.02 bits per heavy atom. The van der Waals surface area contributed by atoms with Gasteiger partial charge in [0.15, 0.2) is 0 Å². The molecule has 3 atom stereocenters. The Morgan fingerprint density at radius 3 is 2.27 bits per heavy atom. The molecule has 10 nitrogen and oxygen atoms in total. The zero-order valence-electron chi connectivity index (χ0n) is 22.6. The number of nitrogens with two attached hydrogens (primary N) is 1. The molecule has 0 spiro atoms. The van der Waals surface area contributed by atoms with Gasteiger partial charge in [0.1, 0.15) is 31.5 Å². The number of benzene rings is 2. The maximum absolute atomic E-state index is 13.4. The lowest BCUT2D eigenvalue weighted by molar-refractivity contribution is -0.977. The van der Waals surface area contributed by atoms with Crippen LogP contribution in [0.1, 0.15) is 54.3 Å². The zero-order valence-corrected chi connectivity index (χ0v) is 22.6. The van der Waals surface area contributed by atoms with E-state index in [1.165, 1.54) is 24.3 Å². The van der Waals surface area contributed by atoms with E-state index in [4.69, 9.17) is 5.73 Å². The van der Waals surface area contributed by atoms with Crippen LogP contribution in [0.3, 0.4) is 0 Å². The maximum atomic E-state index is 13.4. The molecule has 6 N–H and O–H groups in total. The van der Waals surface area contributed by atoms with Crippen molar-refractivity contribution >= 4 is 17.9 Å². The van der Waals surface area contributed by atoms with Crippen LogP contribution in [0.2, 0.25) is 0 Å². The predicted octanol–water partition coefficient (Wildman–Crippen LogP) is 2.25. The number of quaternary nitrogens is 1. The number of nitrogens with one attached hydrogen (secondary N) is 2. The third-order valence-electron chi connectivity index (χ3n) is 8.21. The number of halogens is 1. The van der Waals surface area contributed by atoms with E-state index in [1.54, 1.807) is 0 Å². The molecule has 1 heterocycles. The van der Waals surface area contributed by atoms with Crippen LogP contribution in [0.25, 0.3) is 0 Å². The summed E-state index contributed by atoms with van der Waals surface area (Å²) in [5.41, 5.74) is 10.7. The van der Waals surface area contributed by atoms with E-state index in [2.05, 4.69) is 15.6 Å².